The summed E-state index contributed by atoms with van der Waals surface area (Å²) in [5.41, 5.74) is 4.98. The molecule has 0 fully saturated rings. The molecule has 1 aromatic heterocycles. The van der Waals surface area contributed by atoms with Gasteiger partial charge in [-0.25, -0.2) is 9.37 Å². The van der Waals surface area contributed by atoms with E-state index in [1.54, 1.807) is 23.5 Å². The van der Waals surface area contributed by atoms with Crippen molar-refractivity contribution < 1.29 is 9.13 Å². The molecule has 0 bridgehead atoms. The number of aromatic nitrogens is 1. The summed E-state index contributed by atoms with van der Waals surface area (Å²) in [5, 5.41) is 3.06. The Labute approximate surface area is 155 Å². The molecule has 26 heavy (non-hydrogen) atoms. The topological polar surface area (TPSA) is 22.1 Å². The average Bonchev–Trinajstić information content (AvgIpc) is 3.19. The molecule has 0 aliphatic carbocycles. The quantitative estimate of drug-likeness (QED) is 0.426. The lowest BCUT2D eigenvalue weighted by Gasteiger charge is -2.07. The lowest BCUT2D eigenvalue weighted by Crippen LogP contribution is -1.89. The number of methoxy groups -OCH3 is 1. The fraction of sp³-hybridized carbons (Fsp3) is 0.0455. The van der Waals surface area contributed by atoms with Crippen LogP contribution in [0.2, 0.25) is 0 Å². The highest BCUT2D eigenvalue weighted by atomic mass is 32.1. The van der Waals surface area contributed by atoms with E-state index in [0.717, 1.165) is 33.0 Å². The molecular formula is C22H16FNOS. The first kappa shape index (κ1) is 16.5. The summed E-state index contributed by atoms with van der Waals surface area (Å²) >= 11 is 1.63. The van der Waals surface area contributed by atoms with Gasteiger partial charge < -0.3 is 4.74 Å². The molecule has 0 saturated carbocycles. The second-order valence-corrected chi connectivity index (χ2v) is 6.69. The maximum Gasteiger partial charge on any atom is 0.165 e. The van der Waals surface area contributed by atoms with Gasteiger partial charge in [0.2, 0.25) is 0 Å². The molecule has 0 atom stereocenters. The van der Waals surface area contributed by atoms with Crippen LogP contribution in [0.15, 0.2) is 78.2 Å². The number of thiazole rings is 1. The van der Waals surface area contributed by atoms with Crippen molar-refractivity contribution in [2.75, 3.05) is 7.11 Å². The smallest absolute Gasteiger partial charge is 0.165 e. The Morgan fingerprint density at radius 3 is 2.35 bits per heavy atom. The number of benzene rings is 3. The van der Waals surface area contributed by atoms with E-state index in [9.17, 15) is 4.39 Å². The van der Waals surface area contributed by atoms with Gasteiger partial charge in [-0.05, 0) is 29.3 Å². The van der Waals surface area contributed by atoms with E-state index in [4.69, 9.17) is 9.72 Å². The van der Waals surface area contributed by atoms with Crippen molar-refractivity contribution in [3.63, 3.8) is 0 Å². The number of halogens is 1. The van der Waals surface area contributed by atoms with Crippen LogP contribution in [0.4, 0.5) is 4.39 Å². The van der Waals surface area contributed by atoms with E-state index in [-0.39, 0.29) is 11.6 Å². The van der Waals surface area contributed by atoms with Crippen LogP contribution in [0, 0.1) is 5.82 Å². The molecule has 128 valence electrons. The van der Waals surface area contributed by atoms with Gasteiger partial charge in [-0.3, -0.25) is 0 Å². The van der Waals surface area contributed by atoms with Gasteiger partial charge in [-0.2, -0.15) is 0 Å². The van der Waals surface area contributed by atoms with Crippen LogP contribution in [0.1, 0.15) is 0 Å². The van der Waals surface area contributed by atoms with E-state index >= 15 is 0 Å². The number of ether oxygens (including phenoxy) is 1. The number of hydrogen-bond donors (Lipinski definition) is 0. The van der Waals surface area contributed by atoms with Crippen molar-refractivity contribution in [3.8, 4) is 38.7 Å². The minimum atomic E-state index is -0.362. The molecule has 0 aliphatic rings. The standard InChI is InChI=1S/C22H16FNOS/c1-25-21-13-17(10-11-19(21)23)16-8-5-9-18(12-16)20-14-26-22(24-20)15-6-3-2-4-7-15/h2-14H,1H3. The zero-order valence-electron chi connectivity index (χ0n) is 14.1. The van der Waals surface area contributed by atoms with Gasteiger partial charge in [-0.15, -0.1) is 11.3 Å². The summed E-state index contributed by atoms with van der Waals surface area (Å²) in [6, 6.07) is 23.1. The first-order chi connectivity index (χ1) is 12.7. The SMILES string of the molecule is COc1cc(-c2cccc(-c3csc(-c4ccccc4)n3)c2)ccc1F. The molecule has 4 rings (SSSR count). The fourth-order valence-corrected chi connectivity index (χ4v) is 3.65. The van der Waals surface area contributed by atoms with Gasteiger partial charge in [0.1, 0.15) is 5.01 Å². The van der Waals surface area contributed by atoms with E-state index in [0.29, 0.717) is 0 Å². The van der Waals surface area contributed by atoms with Crippen molar-refractivity contribution in [2.45, 2.75) is 0 Å². The maximum absolute atomic E-state index is 13.7. The van der Waals surface area contributed by atoms with Crippen LogP contribution >= 0.6 is 11.3 Å². The molecule has 1 heterocycles. The summed E-state index contributed by atoms with van der Waals surface area (Å²) < 4.78 is 18.7. The molecule has 0 N–H and O–H groups in total. The molecule has 4 heteroatoms. The number of rotatable bonds is 4. The van der Waals surface area contributed by atoms with Gasteiger partial charge in [0, 0.05) is 16.5 Å². The Balaban J connectivity index is 1.70. The summed E-state index contributed by atoms with van der Waals surface area (Å²) in [4.78, 5) is 4.77. The average molecular weight is 361 g/mol. The highest BCUT2D eigenvalue weighted by Crippen LogP contribution is 2.32. The molecule has 4 aromatic rings. The van der Waals surface area contributed by atoms with Crippen LogP contribution in [-0.4, -0.2) is 12.1 Å². The molecule has 0 unspecified atom stereocenters. The monoisotopic (exact) mass is 361 g/mol. The zero-order valence-corrected chi connectivity index (χ0v) is 15.0. The first-order valence-corrected chi connectivity index (χ1v) is 9.08. The fourth-order valence-electron chi connectivity index (χ4n) is 2.82. The predicted molar refractivity (Wildman–Crippen MR) is 105 cm³/mol. The van der Waals surface area contributed by atoms with E-state index in [2.05, 4.69) is 23.6 Å². The summed E-state index contributed by atoms with van der Waals surface area (Å²) in [6.07, 6.45) is 0. The van der Waals surface area contributed by atoms with Gasteiger partial charge in [0.25, 0.3) is 0 Å². The molecule has 0 spiro atoms. The first-order valence-electron chi connectivity index (χ1n) is 8.20. The van der Waals surface area contributed by atoms with E-state index in [1.807, 2.05) is 36.4 Å². The Morgan fingerprint density at radius 2 is 1.54 bits per heavy atom. The third-order valence-corrected chi connectivity index (χ3v) is 5.06. The lowest BCUT2D eigenvalue weighted by molar-refractivity contribution is 0.387. The predicted octanol–water partition coefficient (Wildman–Crippen LogP) is 6.29. The second-order valence-electron chi connectivity index (χ2n) is 5.83. The van der Waals surface area contributed by atoms with E-state index < -0.39 is 0 Å². The minimum Gasteiger partial charge on any atom is -0.494 e. The third kappa shape index (κ3) is 3.24. The summed E-state index contributed by atoms with van der Waals surface area (Å²) in [6.45, 7) is 0. The molecule has 2 nitrogen and oxygen atoms in total. The van der Waals surface area contributed by atoms with E-state index in [1.165, 1.54) is 13.2 Å². The normalized spacial score (nSPS) is 10.7. The Morgan fingerprint density at radius 1 is 0.808 bits per heavy atom. The third-order valence-electron chi connectivity index (χ3n) is 4.17. The summed E-state index contributed by atoms with van der Waals surface area (Å²) in [7, 11) is 1.47. The van der Waals surface area contributed by atoms with Gasteiger partial charge in [-0.1, -0.05) is 54.6 Å². The largest absolute Gasteiger partial charge is 0.494 e. The Bertz CT molecular complexity index is 1040. The number of nitrogens with zero attached hydrogens (tertiary/aromatic N) is 1. The molecule has 0 saturated heterocycles. The molecule has 0 aliphatic heterocycles. The summed E-state index contributed by atoms with van der Waals surface area (Å²) in [5.74, 6) is -0.118. The van der Waals surface area contributed by atoms with Crippen molar-refractivity contribution in [3.05, 3.63) is 84.0 Å². The highest BCUT2D eigenvalue weighted by molar-refractivity contribution is 7.13. The minimum absolute atomic E-state index is 0.243. The molecule has 0 amide bonds. The van der Waals surface area contributed by atoms with Crippen molar-refractivity contribution in [1.82, 2.24) is 4.98 Å². The zero-order chi connectivity index (χ0) is 17.9. The second kappa shape index (κ2) is 7.10. The molecular weight excluding hydrogens is 345 g/mol. The Hall–Kier alpha value is -2.98. The van der Waals surface area contributed by atoms with Crippen LogP contribution in [0.5, 0.6) is 5.75 Å². The van der Waals surface area contributed by atoms with Crippen LogP contribution < -0.4 is 4.74 Å². The van der Waals surface area contributed by atoms with Crippen LogP contribution in [-0.2, 0) is 0 Å². The van der Waals surface area contributed by atoms with Gasteiger partial charge in [0.15, 0.2) is 11.6 Å². The highest BCUT2D eigenvalue weighted by Gasteiger charge is 2.09. The van der Waals surface area contributed by atoms with Gasteiger partial charge >= 0.3 is 0 Å². The van der Waals surface area contributed by atoms with Crippen molar-refractivity contribution >= 4 is 11.3 Å². The Kier molecular flexibility index (Phi) is 4.50. The lowest BCUT2D eigenvalue weighted by atomic mass is 10.0. The molecule has 0 radical (unpaired) electrons. The van der Waals surface area contributed by atoms with Crippen LogP contribution in [0.25, 0.3) is 33.0 Å². The van der Waals surface area contributed by atoms with Gasteiger partial charge in [0.05, 0.1) is 12.8 Å². The maximum atomic E-state index is 13.7. The molecule has 3 aromatic carbocycles. The van der Waals surface area contributed by atoms with Crippen LogP contribution in [0.3, 0.4) is 0 Å². The number of hydrogen-bond acceptors (Lipinski definition) is 3. The van der Waals surface area contributed by atoms with Crippen molar-refractivity contribution in [1.29, 1.82) is 0 Å². The van der Waals surface area contributed by atoms with Crippen molar-refractivity contribution in [2.24, 2.45) is 0 Å².